The number of hydrogen-bond acceptors (Lipinski definition) is 11. The van der Waals surface area contributed by atoms with Crippen molar-refractivity contribution in [3.8, 4) is 0 Å². The van der Waals surface area contributed by atoms with E-state index in [0.717, 1.165) is 19.4 Å². The fourth-order valence-corrected chi connectivity index (χ4v) is 2.02. The second kappa shape index (κ2) is 21.7. The topological polar surface area (TPSA) is 361 Å². The Balaban J connectivity index is -0.000000423. The van der Waals surface area contributed by atoms with Crippen molar-refractivity contribution in [2.75, 3.05) is 13.1 Å². The molecule has 1 fully saturated rings. The van der Waals surface area contributed by atoms with Gasteiger partial charge in [-0.05, 0) is 39.2 Å². The molecule has 0 bridgehead atoms. The highest BCUT2D eigenvalue weighted by Gasteiger charge is 2.20. The molecule has 0 aliphatic carbocycles. The van der Waals surface area contributed by atoms with Gasteiger partial charge in [0.1, 0.15) is 24.2 Å². The van der Waals surface area contributed by atoms with Crippen LogP contribution in [0.1, 0.15) is 39.0 Å². The van der Waals surface area contributed by atoms with Crippen LogP contribution in [-0.2, 0) is 24.0 Å². The van der Waals surface area contributed by atoms with Gasteiger partial charge in [0.05, 0.1) is 12.5 Å². The van der Waals surface area contributed by atoms with Crippen LogP contribution in [0.4, 0.5) is 0 Å². The van der Waals surface area contributed by atoms with Crippen LogP contribution in [0.3, 0.4) is 0 Å². The average Bonchev–Trinajstić information content (AvgIpc) is 3.32. The molecule has 0 aromatic heterocycles. The van der Waals surface area contributed by atoms with Crippen molar-refractivity contribution in [2.24, 2.45) is 33.7 Å². The van der Waals surface area contributed by atoms with Crippen LogP contribution in [-0.4, -0.2) is 110 Å². The zero-order chi connectivity index (χ0) is 29.7. The lowest BCUT2D eigenvalue weighted by Gasteiger charge is -2.06. The van der Waals surface area contributed by atoms with E-state index in [-0.39, 0.29) is 12.0 Å². The Morgan fingerprint density at radius 3 is 1.65 bits per heavy atom. The average molecular weight is 542 g/mol. The largest absolute Gasteiger partial charge is 0.481 e. The van der Waals surface area contributed by atoms with E-state index in [1.807, 2.05) is 0 Å². The molecule has 1 aliphatic heterocycles. The first-order valence-corrected chi connectivity index (χ1v) is 10.8. The molecule has 4 unspecified atom stereocenters. The number of nitrogens with zero attached hydrogens (tertiary/aromatic N) is 1. The molecule has 0 radical (unpaired) electrons. The Bertz CT molecular complexity index is 728. The number of nitrogens with two attached hydrogens (primary N) is 5. The van der Waals surface area contributed by atoms with E-state index < -0.39 is 60.5 Å². The molecule has 18 nitrogen and oxygen atoms in total. The fourth-order valence-electron chi connectivity index (χ4n) is 2.02. The minimum atomic E-state index is -1.29. The van der Waals surface area contributed by atoms with E-state index in [2.05, 4.69) is 10.3 Å². The summed E-state index contributed by atoms with van der Waals surface area (Å²) in [6, 6.07) is -3.54. The summed E-state index contributed by atoms with van der Waals surface area (Å²) in [4.78, 5) is 53.5. The van der Waals surface area contributed by atoms with Crippen LogP contribution in [0.5, 0.6) is 0 Å². The molecule has 37 heavy (non-hydrogen) atoms. The Hall–Kier alpha value is -3.58. The number of guanidine groups is 1. The first-order chi connectivity index (χ1) is 16.9. The maximum absolute atomic E-state index is 10.2. The van der Waals surface area contributed by atoms with Gasteiger partial charge in [0.2, 0.25) is 0 Å². The number of hydrogen-bond donors (Lipinski definition) is 12. The van der Waals surface area contributed by atoms with Crippen LogP contribution in [0.25, 0.3) is 0 Å². The van der Waals surface area contributed by atoms with Crippen molar-refractivity contribution >= 4 is 35.8 Å². The summed E-state index contributed by atoms with van der Waals surface area (Å²) in [5.41, 5.74) is 25.1. The van der Waals surface area contributed by atoms with Crippen LogP contribution >= 0.6 is 0 Å². The minimum absolute atomic E-state index is 0.0129. The van der Waals surface area contributed by atoms with Crippen LogP contribution in [0.15, 0.2) is 4.99 Å². The van der Waals surface area contributed by atoms with Crippen LogP contribution < -0.4 is 34.0 Å². The molecule has 0 aromatic rings. The molecular weight excluding hydrogens is 502 g/mol. The van der Waals surface area contributed by atoms with Crippen LogP contribution in [0, 0.1) is 0 Å². The third-order valence-electron chi connectivity index (χ3n) is 4.16. The zero-order valence-corrected chi connectivity index (χ0v) is 20.4. The molecule has 18 heteroatoms. The Morgan fingerprint density at radius 1 is 0.919 bits per heavy atom. The molecule has 1 rings (SSSR count). The number of aliphatic hydroxyl groups is 1. The van der Waals surface area contributed by atoms with Crippen molar-refractivity contribution in [1.82, 2.24) is 5.32 Å². The maximum atomic E-state index is 10.2. The van der Waals surface area contributed by atoms with E-state index >= 15 is 0 Å². The summed E-state index contributed by atoms with van der Waals surface area (Å²) in [5.74, 6) is -5.39. The predicted octanol–water partition coefficient (Wildman–Crippen LogP) is -4.07. The number of aliphatic imine (C=N–C) groups is 1. The van der Waals surface area contributed by atoms with Crippen molar-refractivity contribution in [1.29, 1.82) is 0 Å². The summed E-state index contributed by atoms with van der Waals surface area (Å²) in [5, 5.41) is 52.2. The van der Waals surface area contributed by atoms with Gasteiger partial charge >= 0.3 is 29.8 Å². The molecule has 0 spiro atoms. The summed E-state index contributed by atoms with van der Waals surface area (Å²) in [6.45, 7) is 2.61. The zero-order valence-electron chi connectivity index (χ0n) is 20.4. The van der Waals surface area contributed by atoms with E-state index in [9.17, 15) is 24.0 Å². The van der Waals surface area contributed by atoms with Gasteiger partial charge in [0.25, 0.3) is 0 Å². The highest BCUT2D eigenvalue weighted by molar-refractivity contribution is 5.80. The molecule has 0 amide bonds. The summed E-state index contributed by atoms with van der Waals surface area (Å²) in [6.07, 6.45) is 1.23. The summed E-state index contributed by atoms with van der Waals surface area (Å²) < 4.78 is 0. The van der Waals surface area contributed by atoms with E-state index in [1.165, 1.54) is 6.92 Å². The summed E-state index contributed by atoms with van der Waals surface area (Å²) >= 11 is 0. The van der Waals surface area contributed by atoms with Gasteiger partial charge in [-0.15, -0.1) is 0 Å². The monoisotopic (exact) mass is 541 g/mol. The number of nitrogens with one attached hydrogen (secondary N) is 1. The lowest BCUT2D eigenvalue weighted by atomic mass is 10.2. The number of carbonyl (C=O) groups is 5. The SMILES string of the molecule is CC(O)C(N)C(=O)O.NC(CC(=O)O)C(=O)O.NC(N)=NCCCC(N)C(=O)O.O=C(O)[C@@H]1CCCN1. The van der Waals surface area contributed by atoms with Gasteiger partial charge in [0.15, 0.2) is 5.96 Å². The molecule has 1 saturated heterocycles. The first-order valence-electron chi connectivity index (χ1n) is 10.8. The van der Waals surface area contributed by atoms with Gasteiger partial charge < -0.3 is 64.6 Å². The molecule has 0 saturated carbocycles. The third-order valence-corrected chi connectivity index (χ3v) is 4.16. The molecule has 17 N–H and O–H groups in total. The molecule has 1 aliphatic rings. The molecular formula is C19H39N7O11. The third kappa shape index (κ3) is 25.3. The second-order valence-electron chi connectivity index (χ2n) is 7.53. The standard InChI is InChI=1S/C6H14N4O2.C5H9NO2.C4H7NO4.C4H9NO3/c7-4(5(11)12)2-1-3-10-6(8)9;7-5(8)4-2-1-3-6-4;5-2(4(8)9)1-3(6)7;1-2(6)3(5)4(7)8/h4H,1-3,7H2,(H,11,12)(H4,8,9,10);4,6H,1-3H2,(H,7,8);2H,1,5H2,(H,6,7)(H,8,9);2-3,6H,5H2,1H3,(H,7,8)/t;4-;;/m.0../s1. The smallest absolute Gasteiger partial charge is 0.323 e. The van der Waals surface area contributed by atoms with E-state index in [0.29, 0.717) is 19.4 Å². The van der Waals surface area contributed by atoms with E-state index in [4.69, 9.17) is 59.3 Å². The minimum Gasteiger partial charge on any atom is -0.481 e. The predicted molar refractivity (Wildman–Crippen MR) is 129 cm³/mol. The van der Waals surface area contributed by atoms with Crippen molar-refractivity contribution in [2.45, 2.75) is 69.3 Å². The van der Waals surface area contributed by atoms with E-state index in [1.54, 1.807) is 0 Å². The van der Waals surface area contributed by atoms with Gasteiger partial charge in [-0.2, -0.15) is 0 Å². The maximum Gasteiger partial charge on any atom is 0.323 e. The molecule has 216 valence electrons. The first kappa shape index (κ1) is 38.0. The normalized spacial score (nSPS) is 16.8. The quantitative estimate of drug-likeness (QED) is 0.0671. The molecule has 1 heterocycles. The fraction of sp³-hybridized carbons (Fsp3) is 0.684. The van der Waals surface area contributed by atoms with Crippen molar-refractivity contribution in [3.63, 3.8) is 0 Å². The highest BCUT2D eigenvalue weighted by atomic mass is 16.4. The summed E-state index contributed by atoms with van der Waals surface area (Å²) in [7, 11) is 0. The number of carboxylic acid groups (broad SMARTS) is 5. The Labute approximate surface area is 212 Å². The number of carboxylic acids is 5. The van der Waals surface area contributed by atoms with Crippen molar-refractivity contribution < 1.29 is 54.6 Å². The Kier molecular flexibility index (Phi) is 22.2. The highest BCUT2D eigenvalue weighted by Crippen LogP contribution is 2.03. The van der Waals surface area contributed by atoms with Gasteiger partial charge in [-0.25, -0.2) is 0 Å². The lowest BCUT2D eigenvalue weighted by Crippen LogP contribution is -2.39. The number of aliphatic carboxylic acids is 5. The molecule has 0 aromatic carbocycles. The van der Waals surface area contributed by atoms with Gasteiger partial charge in [-0.1, -0.05) is 0 Å². The molecule has 5 atom stereocenters. The lowest BCUT2D eigenvalue weighted by molar-refractivity contribution is -0.144. The van der Waals surface area contributed by atoms with Gasteiger partial charge in [-0.3, -0.25) is 29.0 Å². The second-order valence-corrected chi connectivity index (χ2v) is 7.53. The Morgan fingerprint density at radius 2 is 1.43 bits per heavy atom. The van der Waals surface area contributed by atoms with Crippen LogP contribution in [0.2, 0.25) is 0 Å². The number of rotatable bonds is 11. The van der Waals surface area contributed by atoms with Crippen molar-refractivity contribution in [3.05, 3.63) is 0 Å². The number of aliphatic hydroxyl groups excluding tert-OH is 1. The van der Waals surface area contributed by atoms with Gasteiger partial charge in [0, 0.05) is 6.54 Å².